The first-order valence-corrected chi connectivity index (χ1v) is 6.86. The molecule has 0 saturated carbocycles. The van der Waals surface area contributed by atoms with Crippen LogP contribution in [0.5, 0.6) is 0 Å². The number of sulfonamides is 1. The molecular formula is C10H12ClFN2O3S. The van der Waals surface area contributed by atoms with Gasteiger partial charge in [-0.3, -0.25) is 9.18 Å². The van der Waals surface area contributed by atoms with Gasteiger partial charge in [-0.15, -0.1) is 0 Å². The number of primary amides is 1. The van der Waals surface area contributed by atoms with Crippen molar-refractivity contribution >= 4 is 27.5 Å². The highest BCUT2D eigenvalue weighted by Crippen LogP contribution is 2.14. The molecule has 0 aromatic heterocycles. The number of nitrogens with two attached hydrogens (primary N) is 1. The highest BCUT2D eigenvalue weighted by molar-refractivity contribution is 7.89. The Morgan fingerprint density at radius 2 is 1.94 bits per heavy atom. The van der Waals surface area contributed by atoms with Gasteiger partial charge in [0.2, 0.25) is 15.9 Å². The summed E-state index contributed by atoms with van der Waals surface area (Å²) in [7, 11) is -3.92. The molecule has 100 valence electrons. The van der Waals surface area contributed by atoms with E-state index in [2.05, 4.69) is 0 Å². The number of rotatable bonds is 6. The van der Waals surface area contributed by atoms with Crippen LogP contribution in [0.2, 0.25) is 5.02 Å². The third-order valence-corrected chi connectivity index (χ3v) is 3.90. The second-order valence-corrected chi connectivity index (χ2v) is 5.66. The van der Waals surface area contributed by atoms with E-state index in [-0.39, 0.29) is 11.3 Å². The monoisotopic (exact) mass is 294 g/mol. The molecule has 0 unspecified atom stereocenters. The van der Waals surface area contributed by atoms with Crippen LogP contribution in [0.15, 0.2) is 29.2 Å². The van der Waals surface area contributed by atoms with E-state index >= 15 is 0 Å². The molecule has 1 atom stereocenters. The Bertz CT molecular complexity index is 518. The maximum atomic E-state index is 12.2. The smallest absolute Gasteiger partial charge is 0.241 e. The zero-order chi connectivity index (χ0) is 13.8. The molecule has 0 fully saturated rings. The van der Waals surface area contributed by atoms with Crippen molar-refractivity contribution in [2.24, 2.45) is 5.73 Å². The van der Waals surface area contributed by atoms with E-state index < -0.39 is 28.6 Å². The fourth-order valence-electron chi connectivity index (χ4n) is 1.24. The van der Waals surface area contributed by atoms with E-state index in [1.807, 2.05) is 4.72 Å². The van der Waals surface area contributed by atoms with Crippen LogP contribution in [0.4, 0.5) is 4.39 Å². The van der Waals surface area contributed by atoms with E-state index in [0.717, 1.165) is 0 Å². The zero-order valence-corrected chi connectivity index (χ0v) is 10.8. The lowest BCUT2D eigenvalue weighted by molar-refractivity contribution is -0.119. The van der Waals surface area contributed by atoms with Gasteiger partial charge in [-0.25, -0.2) is 8.42 Å². The number of carbonyl (C=O) groups excluding carboxylic acids is 1. The topological polar surface area (TPSA) is 89.3 Å². The van der Waals surface area contributed by atoms with E-state index in [9.17, 15) is 17.6 Å². The Kier molecular flexibility index (Phi) is 5.06. The molecule has 1 amide bonds. The molecule has 0 heterocycles. The maximum absolute atomic E-state index is 12.2. The highest BCUT2D eigenvalue weighted by Gasteiger charge is 2.23. The quantitative estimate of drug-likeness (QED) is 0.814. The fraction of sp³-hybridized carbons (Fsp3) is 0.300. The summed E-state index contributed by atoms with van der Waals surface area (Å²) in [5.74, 6) is -0.926. The average molecular weight is 295 g/mol. The van der Waals surface area contributed by atoms with E-state index in [1.54, 1.807) is 0 Å². The molecule has 18 heavy (non-hydrogen) atoms. The van der Waals surface area contributed by atoms with Crippen molar-refractivity contribution in [3.8, 4) is 0 Å². The number of hydrogen-bond donors (Lipinski definition) is 2. The number of hydrogen-bond acceptors (Lipinski definition) is 3. The van der Waals surface area contributed by atoms with Crippen molar-refractivity contribution in [3.63, 3.8) is 0 Å². The molecule has 3 N–H and O–H groups in total. The molecular weight excluding hydrogens is 283 g/mol. The minimum absolute atomic E-state index is 0.0722. The normalized spacial score (nSPS) is 13.2. The van der Waals surface area contributed by atoms with Crippen molar-refractivity contribution in [2.75, 3.05) is 6.67 Å². The standard InChI is InChI=1S/C10H12ClFN2O3S/c11-7-1-3-8(4-2-7)18(16,17)14-9(5-6-12)10(13)15/h1-4,9,14H,5-6H2,(H2,13,15)/t9-/m1/s1. The lowest BCUT2D eigenvalue weighted by Crippen LogP contribution is -2.44. The van der Waals surface area contributed by atoms with E-state index in [4.69, 9.17) is 17.3 Å². The van der Waals surface area contributed by atoms with Gasteiger partial charge in [0.05, 0.1) is 11.6 Å². The number of nitrogens with one attached hydrogen (secondary N) is 1. The molecule has 8 heteroatoms. The number of benzene rings is 1. The lowest BCUT2D eigenvalue weighted by Gasteiger charge is -2.14. The molecule has 0 aliphatic heterocycles. The largest absolute Gasteiger partial charge is 0.368 e. The lowest BCUT2D eigenvalue weighted by atomic mass is 10.2. The van der Waals surface area contributed by atoms with Crippen LogP contribution in [0.1, 0.15) is 6.42 Å². The zero-order valence-electron chi connectivity index (χ0n) is 9.27. The van der Waals surface area contributed by atoms with Crippen LogP contribution in [-0.2, 0) is 14.8 Å². The first-order chi connectivity index (χ1) is 8.36. The predicted molar refractivity (Wildman–Crippen MR) is 65.3 cm³/mol. The van der Waals surface area contributed by atoms with E-state index in [1.165, 1.54) is 24.3 Å². The van der Waals surface area contributed by atoms with Crippen molar-refractivity contribution < 1.29 is 17.6 Å². The third-order valence-electron chi connectivity index (χ3n) is 2.16. The summed E-state index contributed by atoms with van der Waals surface area (Å²) in [5, 5.41) is 0.379. The second kappa shape index (κ2) is 6.12. The molecule has 0 aliphatic rings. The first-order valence-electron chi connectivity index (χ1n) is 5.00. The summed E-state index contributed by atoms with van der Waals surface area (Å²) in [6.45, 7) is -0.850. The summed E-state index contributed by atoms with van der Waals surface area (Å²) < 4.78 is 37.9. The Labute approximate surface area is 109 Å². The summed E-state index contributed by atoms with van der Waals surface area (Å²) in [6.07, 6.45) is -0.303. The first kappa shape index (κ1) is 14.9. The van der Waals surface area contributed by atoms with Crippen molar-refractivity contribution in [2.45, 2.75) is 17.4 Å². The van der Waals surface area contributed by atoms with Gasteiger partial charge in [0.1, 0.15) is 6.04 Å². The Hall–Kier alpha value is -1.18. The van der Waals surface area contributed by atoms with Gasteiger partial charge in [0.25, 0.3) is 0 Å². The molecule has 0 radical (unpaired) electrons. The Balaban J connectivity index is 2.93. The van der Waals surface area contributed by atoms with Gasteiger partial charge in [-0.2, -0.15) is 4.72 Å². The van der Waals surface area contributed by atoms with Crippen LogP contribution in [-0.4, -0.2) is 27.0 Å². The van der Waals surface area contributed by atoms with E-state index in [0.29, 0.717) is 5.02 Å². The van der Waals surface area contributed by atoms with Gasteiger partial charge < -0.3 is 5.73 Å². The minimum Gasteiger partial charge on any atom is -0.368 e. The summed E-state index contributed by atoms with van der Waals surface area (Å²) >= 11 is 5.63. The molecule has 0 saturated heterocycles. The SMILES string of the molecule is NC(=O)[C@@H](CCF)NS(=O)(=O)c1ccc(Cl)cc1. The molecule has 0 bridgehead atoms. The number of carbonyl (C=O) groups is 1. The number of halogens is 2. The van der Waals surface area contributed by atoms with Gasteiger partial charge in [0, 0.05) is 11.4 Å². The molecule has 0 aliphatic carbocycles. The Morgan fingerprint density at radius 3 is 2.39 bits per heavy atom. The summed E-state index contributed by atoms with van der Waals surface area (Å²) in [5.41, 5.74) is 4.98. The Morgan fingerprint density at radius 1 is 1.39 bits per heavy atom. The van der Waals surface area contributed by atoms with Crippen molar-refractivity contribution in [1.29, 1.82) is 0 Å². The van der Waals surface area contributed by atoms with Gasteiger partial charge in [-0.05, 0) is 24.3 Å². The van der Waals surface area contributed by atoms with Crippen LogP contribution in [0, 0.1) is 0 Å². The second-order valence-electron chi connectivity index (χ2n) is 3.51. The number of amides is 1. The fourth-order valence-corrected chi connectivity index (χ4v) is 2.60. The molecule has 1 aromatic carbocycles. The molecule has 1 rings (SSSR count). The van der Waals surface area contributed by atoms with Crippen LogP contribution in [0.3, 0.4) is 0 Å². The molecule has 0 spiro atoms. The molecule has 5 nitrogen and oxygen atoms in total. The van der Waals surface area contributed by atoms with Gasteiger partial charge in [-0.1, -0.05) is 11.6 Å². The van der Waals surface area contributed by atoms with Crippen LogP contribution in [0.25, 0.3) is 0 Å². The van der Waals surface area contributed by atoms with Gasteiger partial charge >= 0.3 is 0 Å². The molecule has 1 aromatic rings. The van der Waals surface area contributed by atoms with Gasteiger partial charge in [0.15, 0.2) is 0 Å². The third kappa shape index (κ3) is 3.94. The predicted octanol–water partition coefficient (Wildman–Crippen LogP) is 0.832. The highest BCUT2D eigenvalue weighted by atomic mass is 35.5. The van der Waals surface area contributed by atoms with Crippen LogP contribution < -0.4 is 10.5 Å². The van der Waals surface area contributed by atoms with Crippen molar-refractivity contribution in [3.05, 3.63) is 29.3 Å². The minimum atomic E-state index is -3.92. The summed E-state index contributed by atoms with van der Waals surface area (Å²) in [6, 6.07) is 4.07. The maximum Gasteiger partial charge on any atom is 0.241 e. The van der Waals surface area contributed by atoms with Crippen molar-refractivity contribution in [1.82, 2.24) is 4.72 Å². The number of alkyl halides is 1. The average Bonchev–Trinajstić information content (AvgIpc) is 2.28. The summed E-state index contributed by atoms with van der Waals surface area (Å²) in [4.78, 5) is 10.9. The van der Waals surface area contributed by atoms with Crippen LogP contribution >= 0.6 is 11.6 Å².